The standard InChI is InChI=1S/C13H18FNO/c1-15-9-13(5-6-13)8-10-7-11(14)3-4-12(10)16-2/h3-4,7,15H,5-6,8-9H2,1-2H3. The Labute approximate surface area is 95.8 Å². The molecule has 0 heterocycles. The Morgan fingerprint density at radius 1 is 1.44 bits per heavy atom. The van der Waals surface area contributed by atoms with Gasteiger partial charge >= 0.3 is 0 Å². The molecular formula is C13H18FNO. The van der Waals surface area contributed by atoms with Crippen LogP contribution in [-0.4, -0.2) is 20.7 Å². The predicted molar refractivity (Wildman–Crippen MR) is 62.2 cm³/mol. The monoisotopic (exact) mass is 223 g/mol. The van der Waals surface area contributed by atoms with Gasteiger partial charge in [-0.3, -0.25) is 0 Å². The van der Waals surface area contributed by atoms with Crippen molar-refractivity contribution in [3.8, 4) is 5.75 Å². The minimum Gasteiger partial charge on any atom is -0.496 e. The lowest BCUT2D eigenvalue weighted by Crippen LogP contribution is -2.22. The van der Waals surface area contributed by atoms with Crippen LogP contribution in [0.15, 0.2) is 18.2 Å². The molecule has 1 aromatic carbocycles. The molecule has 1 aromatic rings. The zero-order chi connectivity index (χ0) is 11.6. The average Bonchev–Trinajstić information content (AvgIpc) is 2.99. The maximum Gasteiger partial charge on any atom is 0.123 e. The van der Waals surface area contributed by atoms with Gasteiger partial charge in [0.25, 0.3) is 0 Å². The van der Waals surface area contributed by atoms with Crippen molar-refractivity contribution < 1.29 is 9.13 Å². The number of hydrogen-bond donors (Lipinski definition) is 1. The molecule has 3 heteroatoms. The summed E-state index contributed by atoms with van der Waals surface area (Å²) in [6.45, 7) is 0.993. The number of nitrogens with one attached hydrogen (secondary N) is 1. The van der Waals surface area contributed by atoms with Crippen LogP contribution < -0.4 is 10.1 Å². The Hall–Kier alpha value is -1.09. The molecule has 0 bridgehead atoms. The van der Waals surface area contributed by atoms with Crippen LogP contribution in [0.25, 0.3) is 0 Å². The summed E-state index contributed by atoms with van der Waals surface area (Å²) in [5.41, 5.74) is 1.31. The molecule has 0 aromatic heterocycles. The molecule has 16 heavy (non-hydrogen) atoms. The smallest absolute Gasteiger partial charge is 0.123 e. The van der Waals surface area contributed by atoms with E-state index in [4.69, 9.17) is 4.74 Å². The van der Waals surface area contributed by atoms with Crippen LogP contribution in [0.3, 0.4) is 0 Å². The highest BCUT2D eigenvalue weighted by atomic mass is 19.1. The van der Waals surface area contributed by atoms with Crippen LogP contribution in [0.2, 0.25) is 0 Å². The molecular weight excluding hydrogens is 205 g/mol. The van der Waals surface area contributed by atoms with Gasteiger partial charge in [-0.2, -0.15) is 0 Å². The van der Waals surface area contributed by atoms with Crippen molar-refractivity contribution in [2.75, 3.05) is 20.7 Å². The fourth-order valence-electron chi connectivity index (χ4n) is 2.26. The number of benzene rings is 1. The number of halogens is 1. The Kier molecular flexibility index (Phi) is 3.15. The van der Waals surface area contributed by atoms with E-state index >= 15 is 0 Å². The molecule has 88 valence electrons. The van der Waals surface area contributed by atoms with E-state index in [9.17, 15) is 4.39 Å². The first-order chi connectivity index (χ1) is 7.69. The van der Waals surface area contributed by atoms with Crippen LogP contribution in [0.5, 0.6) is 5.75 Å². The van der Waals surface area contributed by atoms with Crippen LogP contribution in [0, 0.1) is 11.2 Å². The lowest BCUT2D eigenvalue weighted by atomic mass is 9.95. The second-order valence-electron chi connectivity index (χ2n) is 4.66. The van der Waals surface area contributed by atoms with Crippen molar-refractivity contribution in [1.29, 1.82) is 0 Å². The van der Waals surface area contributed by atoms with E-state index in [1.54, 1.807) is 19.2 Å². The van der Waals surface area contributed by atoms with Gasteiger partial charge in [0.2, 0.25) is 0 Å². The van der Waals surface area contributed by atoms with Crippen LogP contribution >= 0.6 is 0 Å². The van der Waals surface area contributed by atoms with Crippen molar-refractivity contribution >= 4 is 0 Å². The maximum absolute atomic E-state index is 13.2. The Balaban J connectivity index is 2.17. The van der Waals surface area contributed by atoms with Gasteiger partial charge in [-0.1, -0.05) is 0 Å². The minimum absolute atomic E-state index is 0.184. The fourth-order valence-corrected chi connectivity index (χ4v) is 2.26. The number of rotatable bonds is 5. The van der Waals surface area contributed by atoms with Gasteiger partial charge in [0.15, 0.2) is 0 Å². The lowest BCUT2D eigenvalue weighted by molar-refractivity contribution is 0.397. The van der Waals surface area contributed by atoms with Crippen molar-refractivity contribution in [2.24, 2.45) is 5.41 Å². The summed E-state index contributed by atoms with van der Waals surface area (Å²) in [5, 5.41) is 3.21. The van der Waals surface area contributed by atoms with Gasteiger partial charge in [0.05, 0.1) is 7.11 Å². The van der Waals surface area contributed by atoms with Crippen molar-refractivity contribution in [3.05, 3.63) is 29.6 Å². The zero-order valence-corrected chi connectivity index (χ0v) is 9.85. The van der Waals surface area contributed by atoms with Crippen LogP contribution in [-0.2, 0) is 6.42 Å². The van der Waals surface area contributed by atoms with Gasteiger partial charge in [-0.15, -0.1) is 0 Å². The normalized spacial score (nSPS) is 17.2. The highest BCUT2D eigenvalue weighted by Gasteiger charge is 2.42. The van der Waals surface area contributed by atoms with E-state index in [-0.39, 0.29) is 5.82 Å². The molecule has 0 radical (unpaired) electrons. The lowest BCUT2D eigenvalue weighted by Gasteiger charge is -2.16. The van der Waals surface area contributed by atoms with E-state index < -0.39 is 0 Å². The zero-order valence-electron chi connectivity index (χ0n) is 9.85. The number of ether oxygens (including phenoxy) is 1. The van der Waals surface area contributed by atoms with E-state index in [1.807, 2.05) is 7.05 Å². The Morgan fingerprint density at radius 2 is 2.19 bits per heavy atom. The molecule has 0 aliphatic heterocycles. The molecule has 1 N–H and O–H groups in total. The minimum atomic E-state index is -0.184. The van der Waals surface area contributed by atoms with Gasteiger partial charge < -0.3 is 10.1 Å². The van der Waals surface area contributed by atoms with Gasteiger partial charge in [0, 0.05) is 6.54 Å². The van der Waals surface area contributed by atoms with Crippen LogP contribution in [0.4, 0.5) is 4.39 Å². The third kappa shape index (κ3) is 2.35. The number of methoxy groups -OCH3 is 1. The van der Waals surface area contributed by atoms with Gasteiger partial charge in [0.1, 0.15) is 11.6 Å². The third-order valence-corrected chi connectivity index (χ3v) is 3.32. The summed E-state index contributed by atoms with van der Waals surface area (Å²) in [5.74, 6) is 0.611. The molecule has 0 spiro atoms. The molecule has 2 rings (SSSR count). The first kappa shape index (κ1) is 11.4. The SMILES string of the molecule is CNCC1(Cc2cc(F)ccc2OC)CC1. The summed E-state index contributed by atoms with van der Waals surface area (Å²) in [4.78, 5) is 0. The number of hydrogen-bond acceptors (Lipinski definition) is 2. The summed E-state index contributed by atoms with van der Waals surface area (Å²) in [7, 11) is 3.59. The second-order valence-corrected chi connectivity index (χ2v) is 4.66. The molecule has 0 unspecified atom stereocenters. The summed E-state index contributed by atoms with van der Waals surface area (Å²) in [6, 6.07) is 4.74. The van der Waals surface area contributed by atoms with Crippen molar-refractivity contribution in [3.63, 3.8) is 0 Å². The van der Waals surface area contributed by atoms with Crippen molar-refractivity contribution in [1.82, 2.24) is 5.32 Å². The maximum atomic E-state index is 13.2. The predicted octanol–water partition coefficient (Wildman–Crippen LogP) is 2.38. The Bertz CT molecular complexity index is 374. The van der Waals surface area contributed by atoms with E-state index in [0.29, 0.717) is 5.41 Å². The van der Waals surface area contributed by atoms with Gasteiger partial charge in [-0.05, 0) is 55.5 Å². The highest BCUT2D eigenvalue weighted by molar-refractivity contribution is 5.35. The first-order valence-electron chi connectivity index (χ1n) is 5.66. The molecule has 1 aliphatic carbocycles. The molecule has 0 saturated heterocycles. The first-order valence-corrected chi connectivity index (χ1v) is 5.66. The quantitative estimate of drug-likeness (QED) is 0.827. The molecule has 0 amide bonds. The van der Waals surface area contributed by atoms with Gasteiger partial charge in [-0.25, -0.2) is 4.39 Å². The summed E-state index contributed by atoms with van der Waals surface area (Å²) in [6.07, 6.45) is 3.33. The van der Waals surface area contributed by atoms with E-state index in [0.717, 1.165) is 24.3 Å². The fraction of sp³-hybridized carbons (Fsp3) is 0.538. The largest absolute Gasteiger partial charge is 0.496 e. The average molecular weight is 223 g/mol. The second kappa shape index (κ2) is 4.42. The Morgan fingerprint density at radius 3 is 2.75 bits per heavy atom. The highest BCUT2D eigenvalue weighted by Crippen LogP contribution is 2.48. The van der Waals surface area contributed by atoms with E-state index in [1.165, 1.54) is 18.9 Å². The molecule has 1 saturated carbocycles. The molecule has 2 nitrogen and oxygen atoms in total. The molecule has 1 fully saturated rings. The summed E-state index contributed by atoms with van der Waals surface area (Å²) >= 11 is 0. The van der Waals surface area contributed by atoms with E-state index in [2.05, 4.69) is 5.32 Å². The van der Waals surface area contributed by atoms with Crippen LogP contribution in [0.1, 0.15) is 18.4 Å². The van der Waals surface area contributed by atoms with Crippen molar-refractivity contribution in [2.45, 2.75) is 19.3 Å². The molecule has 0 atom stereocenters. The topological polar surface area (TPSA) is 21.3 Å². The summed E-state index contributed by atoms with van der Waals surface area (Å²) < 4.78 is 18.5. The molecule has 1 aliphatic rings. The third-order valence-electron chi connectivity index (χ3n) is 3.32.